The summed E-state index contributed by atoms with van der Waals surface area (Å²) in [4.78, 5) is 0. The van der Waals surface area contributed by atoms with Gasteiger partial charge in [-0.1, -0.05) is 37.8 Å². The van der Waals surface area contributed by atoms with E-state index in [1.807, 2.05) is 11.6 Å². The first-order valence-electron chi connectivity index (χ1n) is 5.41. The second-order valence-electron chi connectivity index (χ2n) is 3.70. The third-order valence-electron chi connectivity index (χ3n) is 2.49. The third kappa shape index (κ3) is 3.01. The number of nitrogen functional groups attached to an aromatic ring is 1. The molecule has 1 aromatic heterocycles. The molecule has 80 valence electrons. The van der Waals surface area contributed by atoms with Gasteiger partial charge in [0.05, 0.1) is 5.69 Å². The molecule has 1 heterocycles. The zero-order chi connectivity index (χ0) is 10.4. The minimum atomic E-state index is 0.554. The molecule has 0 fully saturated rings. The van der Waals surface area contributed by atoms with Crippen LogP contribution in [0.1, 0.15) is 44.7 Å². The van der Waals surface area contributed by atoms with Crippen LogP contribution in [0, 0.1) is 6.92 Å². The quantitative estimate of drug-likeness (QED) is 0.709. The van der Waals surface area contributed by atoms with E-state index in [0.29, 0.717) is 5.82 Å². The second-order valence-corrected chi connectivity index (χ2v) is 3.70. The molecule has 0 aliphatic heterocycles. The molecule has 2 N–H and O–H groups in total. The zero-order valence-electron chi connectivity index (χ0n) is 9.16. The molecule has 0 atom stereocenters. The third-order valence-corrected chi connectivity index (χ3v) is 2.49. The van der Waals surface area contributed by atoms with Gasteiger partial charge < -0.3 is 5.73 Å². The van der Waals surface area contributed by atoms with Gasteiger partial charge in [-0.3, -0.25) is 0 Å². The lowest BCUT2D eigenvalue weighted by atomic mass is 10.1. The van der Waals surface area contributed by atoms with E-state index in [2.05, 4.69) is 17.2 Å². The predicted molar refractivity (Wildman–Crippen MR) is 57.9 cm³/mol. The lowest BCUT2D eigenvalue weighted by molar-refractivity contribution is 0.513. The Morgan fingerprint density at radius 2 is 1.93 bits per heavy atom. The van der Waals surface area contributed by atoms with Crippen molar-refractivity contribution in [2.45, 2.75) is 52.5 Å². The highest BCUT2D eigenvalue weighted by Crippen LogP contribution is 2.08. The number of nitrogens with two attached hydrogens (primary N) is 1. The Hall–Kier alpha value is -1.06. The van der Waals surface area contributed by atoms with E-state index in [1.165, 1.54) is 32.1 Å². The minimum absolute atomic E-state index is 0.554. The summed E-state index contributed by atoms with van der Waals surface area (Å²) in [7, 11) is 0. The largest absolute Gasteiger partial charge is 0.381 e. The topological polar surface area (TPSA) is 56.7 Å². The number of anilines is 1. The van der Waals surface area contributed by atoms with Gasteiger partial charge in [0.15, 0.2) is 5.82 Å². The summed E-state index contributed by atoms with van der Waals surface area (Å²) < 4.78 is 1.89. The molecule has 0 amide bonds. The van der Waals surface area contributed by atoms with Gasteiger partial charge in [-0.05, 0) is 13.3 Å². The SMILES string of the molecule is CCCCCCCn1nnc(N)c1C. The molecule has 4 heteroatoms. The molecular formula is C10H20N4. The van der Waals surface area contributed by atoms with Gasteiger partial charge in [0, 0.05) is 6.54 Å². The van der Waals surface area contributed by atoms with Crippen molar-refractivity contribution in [2.75, 3.05) is 5.73 Å². The van der Waals surface area contributed by atoms with E-state index in [-0.39, 0.29) is 0 Å². The highest BCUT2D eigenvalue weighted by Gasteiger charge is 2.03. The summed E-state index contributed by atoms with van der Waals surface area (Å²) in [5, 5.41) is 7.80. The van der Waals surface area contributed by atoms with Crippen LogP contribution in [0.4, 0.5) is 5.82 Å². The molecule has 14 heavy (non-hydrogen) atoms. The number of aromatic nitrogens is 3. The fourth-order valence-electron chi connectivity index (χ4n) is 1.45. The Balaban J connectivity index is 2.21. The van der Waals surface area contributed by atoms with E-state index < -0.39 is 0 Å². The molecule has 0 spiro atoms. The van der Waals surface area contributed by atoms with Gasteiger partial charge in [0.2, 0.25) is 0 Å². The highest BCUT2D eigenvalue weighted by atomic mass is 15.4. The number of unbranched alkanes of at least 4 members (excludes halogenated alkanes) is 4. The molecule has 0 radical (unpaired) electrons. The Morgan fingerprint density at radius 3 is 2.50 bits per heavy atom. The first-order chi connectivity index (χ1) is 6.75. The lowest BCUT2D eigenvalue weighted by Crippen LogP contribution is -2.03. The van der Waals surface area contributed by atoms with Crippen LogP contribution in [0.3, 0.4) is 0 Å². The van der Waals surface area contributed by atoms with Crippen molar-refractivity contribution in [3.8, 4) is 0 Å². The smallest absolute Gasteiger partial charge is 0.168 e. The van der Waals surface area contributed by atoms with Crippen LogP contribution in [0.2, 0.25) is 0 Å². The van der Waals surface area contributed by atoms with Gasteiger partial charge in [0.1, 0.15) is 0 Å². The zero-order valence-corrected chi connectivity index (χ0v) is 9.16. The Kier molecular flexibility index (Phi) is 4.43. The lowest BCUT2D eigenvalue weighted by Gasteiger charge is -2.02. The van der Waals surface area contributed by atoms with E-state index in [9.17, 15) is 0 Å². The van der Waals surface area contributed by atoms with E-state index >= 15 is 0 Å². The van der Waals surface area contributed by atoms with Gasteiger partial charge in [-0.2, -0.15) is 0 Å². The van der Waals surface area contributed by atoms with Crippen LogP contribution >= 0.6 is 0 Å². The fourth-order valence-corrected chi connectivity index (χ4v) is 1.45. The monoisotopic (exact) mass is 196 g/mol. The fraction of sp³-hybridized carbons (Fsp3) is 0.800. The van der Waals surface area contributed by atoms with Crippen LogP contribution in [0.15, 0.2) is 0 Å². The van der Waals surface area contributed by atoms with Crippen molar-refractivity contribution in [1.29, 1.82) is 0 Å². The van der Waals surface area contributed by atoms with Gasteiger partial charge in [-0.15, -0.1) is 5.10 Å². The molecule has 0 aliphatic rings. The van der Waals surface area contributed by atoms with Gasteiger partial charge >= 0.3 is 0 Å². The summed E-state index contributed by atoms with van der Waals surface area (Å²) >= 11 is 0. The van der Waals surface area contributed by atoms with Crippen LogP contribution in [0.5, 0.6) is 0 Å². The molecule has 1 aromatic rings. The van der Waals surface area contributed by atoms with Crippen molar-refractivity contribution < 1.29 is 0 Å². The maximum atomic E-state index is 5.60. The van der Waals surface area contributed by atoms with Gasteiger partial charge in [0.25, 0.3) is 0 Å². The molecule has 0 unspecified atom stereocenters. The average Bonchev–Trinajstić information content (AvgIpc) is 2.49. The van der Waals surface area contributed by atoms with Crippen molar-refractivity contribution >= 4 is 5.82 Å². The Labute approximate surface area is 85.5 Å². The predicted octanol–water partition coefficient (Wildman–Crippen LogP) is 2.14. The molecule has 1 rings (SSSR count). The molecule has 0 aromatic carbocycles. The van der Waals surface area contributed by atoms with Crippen molar-refractivity contribution in [2.24, 2.45) is 0 Å². The first kappa shape index (κ1) is 11.0. The van der Waals surface area contributed by atoms with Crippen LogP contribution in [-0.2, 0) is 6.54 Å². The van der Waals surface area contributed by atoms with Crippen LogP contribution in [0.25, 0.3) is 0 Å². The number of aryl methyl sites for hydroxylation is 1. The number of hydrogen-bond donors (Lipinski definition) is 1. The summed E-state index contributed by atoms with van der Waals surface area (Å²) in [5.41, 5.74) is 6.58. The Bertz CT molecular complexity index is 267. The number of rotatable bonds is 6. The second kappa shape index (κ2) is 5.62. The molecule has 0 aliphatic carbocycles. The van der Waals surface area contributed by atoms with Crippen molar-refractivity contribution in [3.05, 3.63) is 5.69 Å². The minimum Gasteiger partial charge on any atom is -0.381 e. The molecule has 0 saturated carbocycles. The average molecular weight is 196 g/mol. The van der Waals surface area contributed by atoms with Crippen molar-refractivity contribution in [3.63, 3.8) is 0 Å². The Morgan fingerprint density at radius 1 is 1.21 bits per heavy atom. The van der Waals surface area contributed by atoms with E-state index in [1.54, 1.807) is 0 Å². The highest BCUT2D eigenvalue weighted by molar-refractivity contribution is 5.31. The number of hydrogen-bond acceptors (Lipinski definition) is 3. The van der Waals surface area contributed by atoms with E-state index in [4.69, 9.17) is 5.73 Å². The molecular weight excluding hydrogens is 176 g/mol. The van der Waals surface area contributed by atoms with Crippen LogP contribution in [-0.4, -0.2) is 15.0 Å². The summed E-state index contributed by atoms with van der Waals surface area (Å²) in [6.45, 7) is 5.13. The first-order valence-corrected chi connectivity index (χ1v) is 5.41. The van der Waals surface area contributed by atoms with Crippen molar-refractivity contribution in [1.82, 2.24) is 15.0 Å². The molecule has 0 bridgehead atoms. The summed E-state index contributed by atoms with van der Waals surface area (Å²) in [5.74, 6) is 0.554. The van der Waals surface area contributed by atoms with E-state index in [0.717, 1.165) is 12.2 Å². The standard InChI is InChI=1S/C10H20N4/c1-3-4-5-6-7-8-14-9(2)10(11)12-13-14/h3-8,11H2,1-2H3. The maximum Gasteiger partial charge on any atom is 0.168 e. The molecule has 0 saturated heterocycles. The maximum absolute atomic E-state index is 5.60. The summed E-state index contributed by atoms with van der Waals surface area (Å²) in [6, 6.07) is 0. The molecule has 4 nitrogen and oxygen atoms in total. The number of nitrogens with zero attached hydrogens (tertiary/aromatic N) is 3. The van der Waals surface area contributed by atoms with Gasteiger partial charge in [-0.25, -0.2) is 4.68 Å². The summed E-state index contributed by atoms with van der Waals surface area (Å²) in [6.07, 6.45) is 6.38. The normalized spacial score (nSPS) is 10.7. The van der Waals surface area contributed by atoms with Crippen LogP contribution < -0.4 is 5.73 Å².